The van der Waals surface area contributed by atoms with Gasteiger partial charge in [-0.2, -0.15) is 5.26 Å². The molecule has 0 atom stereocenters. The first-order chi connectivity index (χ1) is 23.2. The molecule has 1 aliphatic rings. The van der Waals surface area contributed by atoms with Crippen molar-refractivity contribution in [3.63, 3.8) is 0 Å². The van der Waals surface area contributed by atoms with Crippen molar-refractivity contribution < 1.29 is 0 Å². The van der Waals surface area contributed by atoms with Crippen molar-refractivity contribution in [1.82, 2.24) is 9.97 Å². The molecule has 2 aromatic heterocycles. The molecule has 0 spiro atoms. The quantitative estimate of drug-likeness (QED) is 0.190. The molecule has 0 radical (unpaired) electrons. The minimum atomic E-state index is -0.545. The zero-order valence-electron chi connectivity index (χ0n) is 25.4. The van der Waals surface area contributed by atoms with Crippen LogP contribution in [0.2, 0.25) is 0 Å². The van der Waals surface area contributed by atoms with Gasteiger partial charge in [0.2, 0.25) is 0 Å². The monoisotopic (exact) mass is 597 g/mol. The van der Waals surface area contributed by atoms with Crippen LogP contribution in [-0.2, 0) is 5.41 Å². The Morgan fingerprint density at radius 2 is 1.04 bits per heavy atom. The number of nitriles is 1. The molecule has 0 bridgehead atoms. The van der Waals surface area contributed by atoms with Crippen LogP contribution in [0.25, 0.3) is 55.2 Å². The first-order valence-electron chi connectivity index (χ1n) is 15.8. The third-order valence-corrected chi connectivity index (χ3v) is 9.65. The summed E-state index contributed by atoms with van der Waals surface area (Å²) in [4.78, 5) is 9.58. The molecule has 6 aromatic carbocycles. The molecule has 0 saturated heterocycles. The van der Waals surface area contributed by atoms with E-state index in [0.717, 1.165) is 44.1 Å². The normalized spacial score (nSPS) is 12.8. The molecule has 8 aromatic rings. The molecule has 3 heteroatoms. The number of nitrogens with zero attached hydrogens (tertiary/aromatic N) is 3. The van der Waals surface area contributed by atoms with Gasteiger partial charge in [-0.15, -0.1) is 0 Å². The Hall–Kier alpha value is -6.37. The highest BCUT2D eigenvalue weighted by Crippen LogP contribution is 2.57. The maximum Gasteiger partial charge on any atom is 0.0991 e. The first kappa shape index (κ1) is 27.0. The van der Waals surface area contributed by atoms with Crippen LogP contribution < -0.4 is 0 Å². The molecule has 0 fully saturated rings. The summed E-state index contributed by atoms with van der Waals surface area (Å²) in [6.07, 6.45) is 3.81. The van der Waals surface area contributed by atoms with Gasteiger partial charge in [0.05, 0.1) is 28.1 Å². The first-order valence-corrected chi connectivity index (χ1v) is 15.8. The summed E-state index contributed by atoms with van der Waals surface area (Å²) < 4.78 is 0. The molecule has 0 amide bonds. The largest absolute Gasteiger partial charge is 0.254 e. The molecule has 0 unspecified atom stereocenters. The summed E-state index contributed by atoms with van der Waals surface area (Å²) in [6.45, 7) is 0. The summed E-state index contributed by atoms with van der Waals surface area (Å²) in [5.74, 6) is 0. The van der Waals surface area contributed by atoms with Gasteiger partial charge in [-0.05, 0) is 86.5 Å². The van der Waals surface area contributed by atoms with Gasteiger partial charge >= 0.3 is 0 Å². The summed E-state index contributed by atoms with van der Waals surface area (Å²) in [5.41, 5.74) is 13.7. The van der Waals surface area contributed by atoms with E-state index in [1.165, 1.54) is 33.4 Å². The maximum atomic E-state index is 9.39. The van der Waals surface area contributed by atoms with Crippen molar-refractivity contribution in [3.05, 3.63) is 192 Å². The zero-order valence-corrected chi connectivity index (χ0v) is 25.4. The molecule has 218 valence electrons. The molecule has 47 heavy (non-hydrogen) atoms. The van der Waals surface area contributed by atoms with Gasteiger partial charge in [0.25, 0.3) is 0 Å². The van der Waals surface area contributed by atoms with Gasteiger partial charge in [-0.3, -0.25) is 9.97 Å². The number of pyridine rings is 2. The van der Waals surface area contributed by atoms with Crippen LogP contribution in [0.15, 0.2) is 164 Å². The smallest absolute Gasteiger partial charge is 0.0991 e. The minimum Gasteiger partial charge on any atom is -0.254 e. The fourth-order valence-electron chi connectivity index (χ4n) is 7.48. The van der Waals surface area contributed by atoms with Crippen molar-refractivity contribution in [2.45, 2.75) is 5.41 Å². The maximum absolute atomic E-state index is 9.39. The van der Waals surface area contributed by atoms with E-state index in [2.05, 4.69) is 132 Å². The van der Waals surface area contributed by atoms with E-state index >= 15 is 0 Å². The van der Waals surface area contributed by atoms with Crippen molar-refractivity contribution in [2.75, 3.05) is 0 Å². The highest BCUT2D eigenvalue weighted by molar-refractivity contribution is 6.03. The Morgan fingerprint density at radius 1 is 0.468 bits per heavy atom. The van der Waals surface area contributed by atoms with Gasteiger partial charge in [0.1, 0.15) is 0 Å². The Bertz CT molecular complexity index is 2470. The lowest BCUT2D eigenvalue weighted by Gasteiger charge is -2.34. The lowest BCUT2D eigenvalue weighted by atomic mass is 9.67. The van der Waals surface area contributed by atoms with Crippen LogP contribution in [0.4, 0.5) is 0 Å². The summed E-state index contributed by atoms with van der Waals surface area (Å²) >= 11 is 0. The van der Waals surface area contributed by atoms with E-state index in [9.17, 15) is 5.26 Å². The van der Waals surface area contributed by atoms with E-state index in [1.54, 1.807) is 0 Å². The standard InChI is InChI=1S/C44H27N3/c45-27-29-13-15-30(16-14-29)32-19-21-38-39-22-20-33(35-24-34-18-17-31-8-7-23-46-42(31)43(34)47-28-35)26-41(39)44(40(38)25-32,36-9-3-1-4-10-36)37-11-5-2-6-12-37/h1-26,28H. The molecule has 1 aliphatic carbocycles. The number of hydrogen-bond acceptors (Lipinski definition) is 3. The van der Waals surface area contributed by atoms with Crippen molar-refractivity contribution in [2.24, 2.45) is 0 Å². The second-order valence-corrected chi connectivity index (χ2v) is 12.1. The highest BCUT2D eigenvalue weighted by Gasteiger charge is 2.46. The zero-order chi connectivity index (χ0) is 31.4. The number of rotatable bonds is 4. The SMILES string of the molecule is N#Cc1ccc(-c2ccc3c(c2)C(c2ccccc2)(c2ccccc2)c2cc(-c4cnc5c(ccc6cccnc65)c4)ccc2-3)cc1. The third-order valence-electron chi connectivity index (χ3n) is 9.65. The average Bonchev–Trinajstić information content (AvgIpc) is 3.45. The molecular formula is C44H27N3. The number of benzene rings is 6. The Kier molecular flexibility index (Phi) is 6.10. The van der Waals surface area contributed by atoms with Crippen LogP contribution in [0.5, 0.6) is 0 Å². The molecule has 9 rings (SSSR count). The van der Waals surface area contributed by atoms with Crippen LogP contribution in [0.1, 0.15) is 27.8 Å². The lowest BCUT2D eigenvalue weighted by molar-refractivity contribution is 0.769. The van der Waals surface area contributed by atoms with Crippen LogP contribution in [0.3, 0.4) is 0 Å². The fraction of sp³-hybridized carbons (Fsp3) is 0.0227. The van der Waals surface area contributed by atoms with E-state index in [0.29, 0.717) is 5.56 Å². The fourth-order valence-corrected chi connectivity index (χ4v) is 7.48. The molecule has 0 N–H and O–H groups in total. The van der Waals surface area contributed by atoms with Gasteiger partial charge in [0.15, 0.2) is 0 Å². The van der Waals surface area contributed by atoms with Gasteiger partial charge in [-0.25, -0.2) is 0 Å². The van der Waals surface area contributed by atoms with E-state index in [-0.39, 0.29) is 0 Å². The van der Waals surface area contributed by atoms with Crippen molar-refractivity contribution in [3.8, 4) is 39.4 Å². The summed E-state index contributed by atoms with van der Waals surface area (Å²) in [7, 11) is 0. The second-order valence-electron chi connectivity index (χ2n) is 12.1. The summed E-state index contributed by atoms with van der Waals surface area (Å²) in [6, 6.07) is 56.1. The highest BCUT2D eigenvalue weighted by atomic mass is 14.7. The predicted molar refractivity (Wildman–Crippen MR) is 190 cm³/mol. The number of aromatic nitrogens is 2. The lowest BCUT2D eigenvalue weighted by Crippen LogP contribution is -2.28. The topological polar surface area (TPSA) is 49.6 Å². The molecule has 0 saturated carbocycles. The van der Waals surface area contributed by atoms with Crippen LogP contribution >= 0.6 is 0 Å². The number of fused-ring (bicyclic) bond motifs is 6. The molecule has 3 nitrogen and oxygen atoms in total. The summed E-state index contributed by atoms with van der Waals surface area (Å²) in [5, 5.41) is 11.5. The van der Waals surface area contributed by atoms with E-state index in [1.807, 2.05) is 42.7 Å². The molecule has 0 aliphatic heterocycles. The van der Waals surface area contributed by atoms with Crippen LogP contribution in [0, 0.1) is 11.3 Å². The van der Waals surface area contributed by atoms with E-state index in [4.69, 9.17) is 4.98 Å². The number of hydrogen-bond donors (Lipinski definition) is 0. The van der Waals surface area contributed by atoms with Crippen LogP contribution in [-0.4, -0.2) is 9.97 Å². The molecular weight excluding hydrogens is 571 g/mol. The van der Waals surface area contributed by atoms with Gasteiger partial charge < -0.3 is 0 Å². The Morgan fingerprint density at radius 3 is 1.68 bits per heavy atom. The predicted octanol–water partition coefficient (Wildman–Crippen LogP) is 10.4. The Labute approximate surface area is 273 Å². The third kappa shape index (κ3) is 4.13. The van der Waals surface area contributed by atoms with Gasteiger partial charge in [0, 0.05) is 28.7 Å². The minimum absolute atomic E-state index is 0.545. The molecule has 2 heterocycles. The van der Waals surface area contributed by atoms with Crippen molar-refractivity contribution >= 4 is 21.8 Å². The van der Waals surface area contributed by atoms with Gasteiger partial charge in [-0.1, -0.05) is 115 Å². The second kappa shape index (κ2) is 10.6. The Balaban J connectivity index is 1.30. The average molecular weight is 598 g/mol. The van der Waals surface area contributed by atoms with Crippen molar-refractivity contribution in [1.29, 1.82) is 5.26 Å². The van der Waals surface area contributed by atoms with E-state index < -0.39 is 5.41 Å².